The van der Waals surface area contributed by atoms with Crippen LogP contribution in [0, 0.1) is 11.6 Å². The molecule has 0 amide bonds. The number of aliphatic hydroxyl groups is 1. The van der Waals surface area contributed by atoms with Crippen molar-refractivity contribution >= 4 is 35.9 Å². The molecular formula is C32H27F2N5O6S. The van der Waals surface area contributed by atoms with Gasteiger partial charge in [0.25, 0.3) is 0 Å². The van der Waals surface area contributed by atoms with Gasteiger partial charge in [0.1, 0.15) is 29.3 Å². The first-order valence-electron chi connectivity index (χ1n) is 13.8. The highest BCUT2D eigenvalue weighted by Crippen LogP contribution is 2.45. The number of benzene rings is 3. The maximum atomic E-state index is 15.6. The summed E-state index contributed by atoms with van der Waals surface area (Å²) in [5, 5.41) is 15.6. The Bertz CT molecular complexity index is 1820. The van der Waals surface area contributed by atoms with Crippen molar-refractivity contribution in [2.75, 3.05) is 6.79 Å². The monoisotopic (exact) mass is 647 g/mol. The third-order valence-electron chi connectivity index (χ3n) is 7.19. The van der Waals surface area contributed by atoms with E-state index in [9.17, 15) is 19.1 Å². The molecule has 2 atom stereocenters. The lowest BCUT2D eigenvalue weighted by Crippen LogP contribution is -2.43. The van der Waals surface area contributed by atoms with E-state index in [0.29, 0.717) is 28.0 Å². The summed E-state index contributed by atoms with van der Waals surface area (Å²) in [7, 11) is 0. The van der Waals surface area contributed by atoms with Crippen molar-refractivity contribution in [3.8, 4) is 11.3 Å². The first-order chi connectivity index (χ1) is 22.2. The largest absolute Gasteiger partial charge is 0.512 e. The van der Waals surface area contributed by atoms with Crippen LogP contribution >= 0.6 is 11.3 Å². The number of carbonyl (C=O) groups excluding carboxylic acids is 2. The molecule has 0 saturated carbocycles. The molecule has 0 aliphatic rings. The molecular weight excluding hydrogens is 620 g/mol. The topological polar surface area (TPSA) is 138 Å². The zero-order valence-electron chi connectivity index (χ0n) is 24.4. The van der Waals surface area contributed by atoms with Crippen LogP contribution in [0.25, 0.3) is 11.3 Å². The summed E-state index contributed by atoms with van der Waals surface area (Å²) >= 11 is 1.25. The molecule has 0 saturated heterocycles. The van der Waals surface area contributed by atoms with Crippen molar-refractivity contribution in [3.63, 3.8) is 0 Å². The summed E-state index contributed by atoms with van der Waals surface area (Å²) in [5.41, 5.74) is 0.752. The van der Waals surface area contributed by atoms with Crippen LogP contribution in [0.5, 0.6) is 0 Å². The molecule has 0 aliphatic carbocycles. The number of hydrogen-bond acceptors (Lipinski definition) is 11. The number of aromatic nitrogens is 4. The fourth-order valence-corrected chi connectivity index (χ4v) is 5.68. The molecule has 5 aromatic rings. The summed E-state index contributed by atoms with van der Waals surface area (Å²) in [6.07, 6.45) is 1.30. The molecule has 0 aliphatic heterocycles. The molecule has 1 unspecified atom stereocenters. The van der Waals surface area contributed by atoms with Gasteiger partial charge in [0.05, 0.1) is 36.0 Å². The predicted octanol–water partition coefficient (Wildman–Crippen LogP) is 6.17. The molecule has 14 heteroatoms. The molecule has 0 spiro atoms. The fraction of sp³-hybridized carbons (Fsp3) is 0.188. The van der Waals surface area contributed by atoms with Crippen LogP contribution in [-0.4, -0.2) is 50.5 Å². The predicted molar refractivity (Wildman–Crippen MR) is 163 cm³/mol. The summed E-state index contributed by atoms with van der Waals surface area (Å²) in [4.78, 5) is 38.3. The van der Waals surface area contributed by atoms with Gasteiger partial charge in [0.15, 0.2) is 5.60 Å². The first kappa shape index (κ1) is 32.1. The van der Waals surface area contributed by atoms with Crippen LogP contribution in [0.2, 0.25) is 0 Å². The smallest absolute Gasteiger partial charge is 0.424 e. The molecule has 11 nitrogen and oxygen atoms in total. The van der Waals surface area contributed by atoms with Crippen molar-refractivity contribution in [1.29, 1.82) is 0 Å². The third-order valence-corrected chi connectivity index (χ3v) is 8.22. The van der Waals surface area contributed by atoms with E-state index in [-0.39, 0.29) is 24.3 Å². The quantitative estimate of drug-likeness (QED) is 0.0957. The second-order valence-electron chi connectivity index (χ2n) is 10.0. The molecule has 2 heterocycles. The number of rotatable bonds is 12. The highest BCUT2D eigenvalue weighted by molar-refractivity contribution is 7.10. The average molecular weight is 648 g/mol. The fourth-order valence-electron chi connectivity index (χ4n) is 4.71. The van der Waals surface area contributed by atoms with Gasteiger partial charge in [0.2, 0.25) is 6.79 Å². The van der Waals surface area contributed by atoms with Gasteiger partial charge in [0, 0.05) is 22.6 Å². The van der Waals surface area contributed by atoms with Gasteiger partial charge in [-0.25, -0.2) is 33.0 Å². The average Bonchev–Trinajstić information content (AvgIpc) is 3.77. The second kappa shape index (κ2) is 14.2. The van der Waals surface area contributed by atoms with E-state index in [1.807, 2.05) is 12.1 Å². The normalized spacial score (nSPS) is 13.0. The Balaban J connectivity index is 1.45. The summed E-state index contributed by atoms with van der Waals surface area (Å²) in [6.45, 7) is 3.91. The lowest BCUT2D eigenvalue weighted by atomic mass is 9.81. The number of halogens is 2. The number of carbonyl (C=O) groups is 2. The van der Waals surface area contributed by atoms with Crippen molar-refractivity contribution in [1.82, 2.24) is 19.7 Å². The van der Waals surface area contributed by atoms with E-state index in [0.717, 1.165) is 11.6 Å². The zero-order valence-corrected chi connectivity index (χ0v) is 25.2. The van der Waals surface area contributed by atoms with Gasteiger partial charge in [-0.2, -0.15) is 5.10 Å². The number of aliphatic hydroxyl groups excluding tert-OH is 1. The molecule has 46 heavy (non-hydrogen) atoms. The van der Waals surface area contributed by atoms with Gasteiger partial charge in [-0.3, -0.25) is 4.99 Å². The summed E-state index contributed by atoms with van der Waals surface area (Å²) < 4.78 is 47.1. The Labute approximate surface area is 265 Å². The van der Waals surface area contributed by atoms with Gasteiger partial charge in [-0.1, -0.05) is 31.2 Å². The van der Waals surface area contributed by atoms with Crippen LogP contribution in [0.1, 0.15) is 39.3 Å². The van der Waals surface area contributed by atoms with E-state index in [1.54, 1.807) is 36.6 Å². The van der Waals surface area contributed by atoms with Crippen LogP contribution in [0.15, 0.2) is 89.8 Å². The maximum absolute atomic E-state index is 15.6. The molecule has 0 fully saturated rings. The van der Waals surface area contributed by atoms with Crippen LogP contribution in [0.3, 0.4) is 0 Å². The number of hydrogen-bond donors (Lipinski definition) is 1. The minimum atomic E-state index is -1.90. The first-order valence-corrected chi connectivity index (χ1v) is 14.6. The highest BCUT2D eigenvalue weighted by atomic mass is 32.1. The third kappa shape index (κ3) is 7.14. The molecule has 5 rings (SSSR count). The Morgan fingerprint density at radius 3 is 2.50 bits per heavy atom. The van der Waals surface area contributed by atoms with Crippen molar-refractivity contribution in [2.24, 2.45) is 4.99 Å². The SMILES string of the molecule is C=Nc1ccc(-c2csc([C@H](C)C(Cn3cncn3)(OC(=O)OCOC(=O)c3ccc(CO)cc3)c3ccc(F)cc3F)n2)cc1. The number of thiazole rings is 1. The van der Waals surface area contributed by atoms with Gasteiger partial charge in [-0.15, -0.1) is 11.3 Å². The van der Waals surface area contributed by atoms with Gasteiger partial charge < -0.3 is 19.3 Å². The van der Waals surface area contributed by atoms with E-state index < -0.39 is 42.1 Å². The van der Waals surface area contributed by atoms with Crippen LogP contribution in [0.4, 0.5) is 19.3 Å². The van der Waals surface area contributed by atoms with E-state index in [2.05, 4.69) is 21.8 Å². The van der Waals surface area contributed by atoms with Crippen molar-refractivity contribution in [2.45, 2.75) is 31.6 Å². The second-order valence-corrected chi connectivity index (χ2v) is 10.9. The highest BCUT2D eigenvalue weighted by Gasteiger charge is 2.47. The van der Waals surface area contributed by atoms with Crippen LogP contribution < -0.4 is 0 Å². The molecule has 3 aromatic carbocycles. The van der Waals surface area contributed by atoms with E-state index in [4.69, 9.17) is 19.2 Å². The van der Waals surface area contributed by atoms with Gasteiger partial charge >= 0.3 is 12.1 Å². The van der Waals surface area contributed by atoms with Crippen molar-refractivity contribution in [3.05, 3.63) is 118 Å². The molecule has 0 radical (unpaired) electrons. The summed E-state index contributed by atoms with van der Waals surface area (Å²) in [5.74, 6) is -3.47. The molecule has 1 N–H and O–H groups in total. The molecule has 236 valence electrons. The van der Waals surface area contributed by atoms with E-state index >= 15 is 4.39 Å². The summed E-state index contributed by atoms with van der Waals surface area (Å²) in [6, 6.07) is 16.1. The number of esters is 1. The number of aliphatic imine (C=N–C) groups is 1. The minimum Gasteiger partial charge on any atom is -0.424 e. The van der Waals surface area contributed by atoms with Crippen molar-refractivity contribution < 1.29 is 37.7 Å². The Morgan fingerprint density at radius 1 is 1.09 bits per heavy atom. The number of ether oxygens (including phenoxy) is 3. The Kier molecular flexibility index (Phi) is 9.88. The van der Waals surface area contributed by atoms with E-state index in [1.165, 1.54) is 46.9 Å². The van der Waals surface area contributed by atoms with Gasteiger partial charge in [-0.05, 0) is 48.7 Å². The maximum Gasteiger partial charge on any atom is 0.512 e. The minimum absolute atomic E-state index is 0.159. The van der Waals surface area contributed by atoms with Crippen LogP contribution in [-0.2, 0) is 33.0 Å². The standard InChI is InChI=1S/C32H27F2N5O6S/c1-20(29-38-28(15-46-29)22-7-10-25(35-2)11-8-22)32(16-39-18-36-17-37-39,26-12-9-24(33)13-27(26)34)45-31(42)44-19-43-30(41)23-5-3-21(14-40)4-6-23/h3-13,15,17-18,20,40H,2,14,16,19H2,1H3/t20-,32?/m0/s1. The number of nitrogens with zero attached hydrogens (tertiary/aromatic N) is 5. The molecule has 2 aromatic heterocycles. The Hall–Kier alpha value is -5.34. The molecule has 0 bridgehead atoms. The lowest BCUT2D eigenvalue weighted by Gasteiger charge is -2.37. The Morgan fingerprint density at radius 2 is 1.85 bits per heavy atom. The zero-order chi connectivity index (χ0) is 32.7. The lowest BCUT2D eigenvalue weighted by molar-refractivity contribution is -0.0881.